The van der Waals surface area contributed by atoms with E-state index in [1.165, 1.54) is 0 Å². The van der Waals surface area contributed by atoms with Gasteiger partial charge in [-0.3, -0.25) is 4.99 Å². The summed E-state index contributed by atoms with van der Waals surface area (Å²) >= 11 is 1.60. The van der Waals surface area contributed by atoms with Crippen molar-refractivity contribution in [2.75, 3.05) is 7.05 Å². The molecule has 9 heteroatoms. The van der Waals surface area contributed by atoms with Crippen LogP contribution in [0.4, 0.5) is 0 Å². The number of aliphatic imine (C=N–C) groups is 1. The zero-order valence-electron chi connectivity index (χ0n) is 14.2. The Morgan fingerprint density at radius 1 is 1.28 bits per heavy atom. The number of halogens is 1. The predicted octanol–water partition coefficient (Wildman–Crippen LogP) is 3.49. The summed E-state index contributed by atoms with van der Waals surface area (Å²) in [5, 5.41) is 12.4. The van der Waals surface area contributed by atoms with E-state index in [9.17, 15) is 0 Å². The first-order valence-electron chi connectivity index (χ1n) is 7.52. The Morgan fingerprint density at radius 2 is 2.08 bits per heavy atom. The summed E-state index contributed by atoms with van der Waals surface area (Å²) in [5.74, 6) is 2.13. The highest BCUT2D eigenvalue weighted by atomic mass is 127. The molecule has 0 spiro atoms. The Labute approximate surface area is 166 Å². The summed E-state index contributed by atoms with van der Waals surface area (Å²) in [6.07, 6.45) is 1.66. The van der Waals surface area contributed by atoms with E-state index in [0.29, 0.717) is 24.9 Å². The molecule has 3 rings (SSSR count). The molecule has 0 saturated heterocycles. The van der Waals surface area contributed by atoms with Crippen molar-refractivity contribution < 1.29 is 8.94 Å². The van der Waals surface area contributed by atoms with Crippen LogP contribution < -0.4 is 10.6 Å². The first kappa shape index (κ1) is 19.4. The predicted molar refractivity (Wildman–Crippen MR) is 108 cm³/mol. The van der Waals surface area contributed by atoms with E-state index in [-0.39, 0.29) is 24.0 Å². The van der Waals surface area contributed by atoms with Gasteiger partial charge in [0.2, 0.25) is 5.89 Å². The molecule has 0 fully saturated rings. The van der Waals surface area contributed by atoms with Crippen molar-refractivity contribution in [2.45, 2.75) is 26.9 Å². The van der Waals surface area contributed by atoms with E-state index in [0.717, 1.165) is 27.6 Å². The fourth-order valence-electron chi connectivity index (χ4n) is 2.22. The lowest BCUT2D eigenvalue weighted by Crippen LogP contribution is -2.36. The lowest BCUT2D eigenvalue weighted by atomic mass is 10.2. The van der Waals surface area contributed by atoms with Gasteiger partial charge in [-0.25, -0.2) is 4.98 Å². The highest BCUT2D eigenvalue weighted by molar-refractivity contribution is 14.0. The molecule has 0 aliphatic heterocycles. The molecule has 0 amide bonds. The Kier molecular flexibility index (Phi) is 7.00. The van der Waals surface area contributed by atoms with Gasteiger partial charge in [0, 0.05) is 19.2 Å². The Morgan fingerprint density at radius 3 is 2.72 bits per heavy atom. The van der Waals surface area contributed by atoms with Crippen LogP contribution in [0.15, 0.2) is 37.7 Å². The summed E-state index contributed by atoms with van der Waals surface area (Å²) in [5.41, 5.74) is 2.74. The molecular formula is C16H20IN5O2S. The first-order chi connectivity index (χ1) is 11.7. The van der Waals surface area contributed by atoms with Crippen LogP contribution in [0.2, 0.25) is 0 Å². The molecule has 3 heterocycles. The minimum absolute atomic E-state index is 0. The van der Waals surface area contributed by atoms with Crippen molar-refractivity contribution in [1.29, 1.82) is 0 Å². The van der Waals surface area contributed by atoms with Gasteiger partial charge in [-0.2, -0.15) is 0 Å². The van der Waals surface area contributed by atoms with Gasteiger partial charge >= 0.3 is 0 Å². The van der Waals surface area contributed by atoms with E-state index >= 15 is 0 Å². The van der Waals surface area contributed by atoms with Gasteiger partial charge in [0.15, 0.2) is 5.96 Å². The zero-order valence-corrected chi connectivity index (χ0v) is 17.3. The summed E-state index contributed by atoms with van der Waals surface area (Å²) in [4.78, 5) is 9.69. The summed E-state index contributed by atoms with van der Waals surface area (Å²) in [6, 6.07) is 3.96. The smallest absolute Gasteiger partial charge is 0.236 e. The van der Waals surface area contributed by atoms with Crippen LogP contribution >= 0.6 is 35.3 Å². The average Bonchev–Trinajstić information content (AvgIpc) is 3.31. The molecular weight excluding hydrogens is 453 g/mol. The van der Waals surface area contributed by atoms with Crippen LogP contribution in [0.25, 0.3) is 10.8 Å². The fraction of sp³-hybridized carbons (Fsp3) is 0.312. The van der Waals surface area contributed by atoms with E-state index in [4.69, 9.17) is 8.94 Å². The van der Waals surface area contributed by atoms with Crippen LogP contribution in [0.1, 0.15) is 22.7 Å². The number of aromatic nitrogens is 2. The van der Waals surface area contributed by atoms with E-state index in [2.05, 4.69) is 25.8 Å². The second kappa shape index (κ2) is 8.99. The average molecular weight is 473 g/mol. The molecule has 0 aromatic carbocycles. The molecule has 0 unspecified atom stereocenters. The van der Waals surface area contributed by atoms with Gasteiger partial charge in [0.25, 0.3) is 0 Å². The number of nitrogens with one attached hydrogen (secondary N) is 2. The molecule has 3 aromatic rings. The van der Waals surface area contributed by atoms with Crippen molar-refractivity contribution in [3.8, 4) is 10.8 Å². The number of hydrogen-bond acceptors (Lipinski definition) is 6. The topological polar surface area (TPSA) is 88.5 Å². The maximum absolute atomic E-state index is 5.50. The van der Waals surface area contributed by atoms with Gasteiger partial charge in [-0.1, -0.05) is 11.2 Å². The van der Waals surface area contributed by atoms with Crippen LogP contribution in [0.3, 0.4) is 0 Å². The number of nitrogens with zero attached hydrogens (tertiary/aromatic N) is 3. The quantitative estimate of drug-likeness (QED) is 0.335. The molecule has 25 heavy (non-hydrogen) atoms. The molecule has 0 bridgehead atoms. The van der Waals surface area contributed by atoms with Gasteiger partial charge in [-0.15, -0.1) is 35.3 Å². The minimum Gasteiger partial charge on any atom is -0.443 e. The van der Waals surface area contributed by atoms with Crippen molar-refractivity contribution >= 4 is 41.3 Å². The molecule has 0 atom stereocenters. The van der Waals surface area contributed by atoms with Crippen molar-refractivity contribution in [1.82, 2.24) is 20.8 Å². The van der Waals surface area contributed by atoms with Gasteiger partial charge in [0.1, 0.15) is 12.0 Å². The maximum Gasteiger partial charge on any atom is 0.236 e. The van der Waals surface area contributed by atoms with Crippen LogP contribution in [-0.2, 0) is 13.1 Å². The lowest BCUT2D eigenvalue weighted by Gasteiger charge is -2.10. The second-order valence-corrected chi connectivity index (χ2v) is 6.15. The van der Waals surface area contributed by atoms with E-state index in [1.807, 2.05) is 31.4 Å². The summed E-state index contributed by atoms with van der Waals surface area (Å²) in [7, 11) is 1.72. The third kappa shape index (κ3) is 4.82. The SMILES string of the molecule is CN=C(NCc1coc(-c2cccs2)n1)NCc1c(C)noc1C.I. The highest BCUT2D eigenvalue weighted by Gasteiger charge is 2.10. The van der Waals surface area contributed by atoms with Gasteiger partial charge in [0.05, 0.1) is 22.8 Å². The van der Waals surface area contributed by atoms with Gasteiger partial charge in [-0.05, 0) is 25.3 Å². The van der Waals surface area contributed by atoms with Crippen molar-refractivity contribution in [3.05, 3.63) is 46.5 Å². The van der Waals surface area contributed by atoms with Crippen LogP contribution in [0.5, 0.6) is 0 Å². The largest absolute Gasteiger partial charge is 0.443 e. The Balaban J connectivity index is 0.00000225. The number of rotatable bonds is 5. The van der Waals surface area contributed by atoms with Gasteiger partial charge < -0.3 is 19.6 Å². The highest BCUT2D eigenvalue weighted by Crippen LogP contribution is 2.23. The lowest BCUT2D eigenvalue weighted by molar-refractivity contribution is 0.392. The third-order valence-electron chi connectivity index (χ3n) is 3.56. The molecule has 134 valence electrons. The Bertz CT molecular complexity index is 806. The van der Waals surface area contributed by atoms with Crippen LogP contribution in [0, 0.1) is 13.8 Å². The second-order valence-electron chi connectivity index (χ2n) is 5.20. The summed E-state index contributed by atoms with van der Waals surface area (Å²) in [6.45, 7) is 4.94. The first-order valence-corrected chi connectivity index (χ1v) is 8.40. The third-order valence-corrected chi connectivity index (χ3v) is 4.42. The molecule has 0 aliphatic carbocycles. The standard InChI is InChI=1S/C16H19N5O2S.HI/c1-10-13(11(2)23-21-10)8-19-16(17-3)18-7-12-9-22-15(20-12)14-5-4-6-24-14;/h4-6,9H,7-8H2,1-3H3,(H2,17,18,19);1H. The molecule has 0 saturated carbocycles. The summed E-state index contributed by atoms with van der Waals surface area (Å²) < 4.78 is 10.7. The van der Waals surface area contributed by atoms with Crippen LogP contribution in [-0.4, -0.2) is 23.1 Å². The number of oxazole rings is 1. The number of aryl methyl sites for hydroxylation is 2. The van der Waals surface area contributed by atoms with E-state index < -0.39 is 0 Å². The fourth-order valence-corrected chi connectivity index (χ4v) is 2.88. The molecule has 7 nitrogen and oxygen atoms in total. The van der Waals surface area contributed by atoms with E-state index in [1.54, 1.807) is 24.6 Å². The minimum atomic E-state index is 0. The Hall–Kier alpha value is -1.88. The molecule has 3 aromatic heterocycles. The number of hydrogen-bond donors (Lipinski definition) is 2. The number of thiophene rings is 1. The normalized spacial score (nSPS) is 11.2. The number of guanidine groups is 1. The monoisotopic (exact) mass is 473 g/mol. The van der Waals surface area contributed by atoms with Crippen molar-refractivity contribution in [3.63, 3.8) is 0 Å². The zero-order chi connectivity index (χ0) is 16.9. The maximum atomic E-state index is 5.50. The molecule has 2 N–H and O–H groups in total. The molecule has 0 radical (unpaired) electrons. The van der Waals surface area contributed by atoms with Crippen molar-refractivity contribution in [2.24, 2.45) is 4.99 Å². The molecule has 0 aliphatic rings.